The van der Waals surface area contributed by atoms with Crippen molar-refractivity contribution in [1.29, 1.82) is 0 Å². The summed E-state index contributed by atoms with van der Waals surface area (Å²) in [7, 11) is 0. The summed E-state index contributed by atoms with van der Waals surface area (Å²) in [5.74, 6) is 1.98. The zero-order valence-corrected chi connectivity index (χ0v) is 13.3. The molecular formula is C16H18N4OS. The van der Waals surface area contributed by atoms with Crippen LogP contribution < -0.4 is 15.0 Å². The van der Waals surface area contributed by atoms with Gasteiger partial charge in [-0.3, -0.25) is 0 Å². The van der Waals surface area contributed by atoms with E-state index in [-0.39, 0.29) is 0 Å². The molecule has 0 unspecified atom stereocenters. The van der Waals surface area contributed by atoms with Gasteiger partial charge in [0.15, 0.2) is 5.16 Å². The van der Waals surface area contributed by atoms with Crippen LogP contribution in [-0.4, -0.2) is 35.9 Å². The summed E-state index contributed by atoms with van der Waals surface area (Å²) in [6.07, 6.45) is 2.99. The van der Waals surface area contributed by atoms with Gasteiger partial charge >= 0.3 is 0 Å². The summed E-state index contributed by atoms with van der Waals surface area (Å²) in [6, 6.07) is 8.18. The molecule has 1 aromatic carbocycles. The highest BCUT2D eigenvalue weighted by molar-refractivity contribution is 7.98. The van der Waals surface area contributed by atoms with Crippen molar-refractivity contribution >= 4 is 23.3 Å². The van der Waals surface area contributed by atoms with Crippen LogP contribution in [0.15, 0.2) is 29.4 Å². The number of rotatable bonds is 2. The maximum Gasteiger partial charge on any atom is 0.189 e. The molecule has 0 saturated heterocycles. The minimum atomic E-state index is 0.683. The second-order valence-electron chi connectivity index (χ2n) is 5.35. The Hall–Kier alpha value is -1.79. The lowest BCUT2D eigenvalue weighted by Gasteiger charge is -2.33. The summed E-state index contributed by atoms with van der Waals surface area (Å²) < 4.78 is 5.77. The number of hydrogen-bond acceptors (Lipinski definition) is 6. The predicted octanol–water partition coefficient (Wildman–Crippen LogP) is 2.37. The third kappa shape index (κ3) is 2.32. The Morgan fingerprint density at radius 3 is 3.09 bits per heavy atom. The summed E-state index contributed by atoms with van der Waals surface area (Å²) in [5, 5.41) is 4.23. The molecule has 0 spiro atoms. The van der Waals surface area contributed by atoms with Gasteiger partial charge in [0.05, 0.1) is 17.9 Å². The van der Waals surface area contributed by atoms with Gasteiger partial charge in [0.2, 0.25) is 0 Å². The summed E-state index contributed by atoms with van der Waals surface area (Å²) in [6.45, 7) is 3.31. The number of para-hydroxylation sites is 2. The normalized spacial score (nSPS) is 16.7. The van der Waals surface area contributed by atoms with Gasteiger partial charge < -0.3 is 15.0 Å². The molecule has 2 aliphatic rings. The van der Waals surface area contributed by atoms with Gasteiger partial charge in [0.1, 0.15) is 18.2 Å². The molecule has 0 bridgehead atoms. The molecule has 4 rings (SSSR count). The van der Waals surface area contributed by atoms with Crippen LogP contribution >= 0.6 is 11.8 Å². The Morgan fingerprint density at radius 2 is 2.18 bits per heavy atom. The topological polar surface area (TPSA) is 50.3 Å². The Labute approximate surface area is 134 Å². The minimum absolute atomic E-state index is 0.683. The number of anilines is 2. The molecule has 1 N–H and O–H groups in total. The lowest BCUT2D eigenvalue weighted by molar-refractivity contribution is 0.313. The third-order valence-corrected chi connectivity index (χ3v) is 4.61. The molecule has 3 heterocycles. The van der Waals surface area contributed by atoms with Crippen LogP contribution in [0.1, 0.15) is 11.3 Å². The highest BCUT2D eigenvalue weighted by Crippen LogP contribution is 2.38. The number of fused-ring (bicyclic) bond motifs is 2. The van der Waals surface area contributed by atoms with Crippen LogP contribution in [-0.2, 0) is 13.0 Å². The van der Waals surface area contributed by atoms with Gasteiger partial charge in [-0.15, -0.1) is 0 Å². The minimum Gasteiger partial charge on any atom is -0.490 e. The first-order chi connectivity index (χ1) is 10.9. The van der Waals surface area contributed by atoms with Crippen LogP contribution in [0.3, 0.4) is 0 Å². The monoisotopic (exact) mass is 314 g/mol. The van der Waals surface area contributed by atoms with Crippen LogP contribution in [0.2, 0.25) is 0 Å². The molecule has 0 amide bonds. The number of ether oxygens (including phenoxy) is 1. The van der Waals surface area contributed by atoms with Gasteiger partial charge in [0, 0.05) is 12.1 Å². The molecule has 0 atom stereocenters. The second-order valence-corrected chi connectivity index (χ2v) is 6.13. The number of hydrogen-bond donors (Lipinski definition) is 1. The van der Waals surface area contributed by atoms with Gasteiger partial charge in [-0.2, -0.15) is 0 Å². The van der Waals surface area contributed by atoms with E-state index < -0.39 is 0 Å². The average Bonchev–Trinajstić information content (AvgIpc) is 2.60. The van der Waals surface area contributed by atoms with E-state index >= 15 is 0 Å². The number of thioether (sulfide) groups is 1. The molecule has 5 nitrogen and oxygen atoms in total. The quantitative estimate of drug-likeness (QED) is 0.678. The first kappa shape index (κ1) is 13.8. The molecule has 114 valence electrons. The van der Waals surface area contributed by atoms with E-state index in [2.05, 4.69) is 21.3 Å². The van der Waals surface area contributed by atoms with Crippen LogP contribution in [0.25, 0.3) is 0 Å². The molecule has 0 saturated carbocycles. The number of nitrogens with one attached hydrogen (secondary N) is 1. The Kier molecular flexibility index (Phi) is 3.63. The number of nitrogens with zero attached hydrogens (tertiary/aromatic N) is 3. The summed E-state index contributed by atoms with van der Waals surface area (Å²) in [4.78, 5) is 11.8. The zero-order chi connectivity index (χ0) is 14.9. The predicted molar refractivity (Wildman–Crippen MR) is 88.2 cm³/mol. The summed E-state index contributed by atoms with van der Waals surface area (Å²) in [5.41, 5.74) is 3.50. The molecule has 0 aliphatic carbocycles. The SMILES string of the molecule is CSc1nc2c(c(N3CCOc4ccccc43)n1)CCNC2. The van der Waals surface area contributed by atoms with Crippen molar-refractivity contribution < 1.29 is 4.74 Å². The van der Waals surface area contributed by atoms with Crippen LogP contribution in [0.5, 0.6) is 5.75 Å². The Bertz CT molecular complexity index is 707. The van der Waals surface area contributed by atoms with Crippen molar-refractivity contribution in [1.82, 2.24) is 15.3 Å². The van der Waals surface area contributed by atoms with E-state index in [1.165, 1.54) is 5.56 Å². The standard InChI is InChI=1S/C16H18N4OS/c1-22-16-18-12-10-17-7-6-11(12)15(19-16)20-8-9-21-14-5-3-2-4-13(14)20/h2-5,17H,6-10H2,1H3. The first-order valence-electron chi connectivity index (χ1n) is 7.50. The molecular weight excluding hydrogens is 296 g/mol. The van der Waals surface area contributed by atoms with E-state index in [0.29, 0.717) is 6.61 Å². The third-order valence-electron chi connectivity index (χ3n) is 4.06. The Morgan fingerprint density at radius 1 is 1.27 bits per heavy atom. The Balaban J connectivity index is 1.86. The smallest absolute Gasteiger partial charge is 0.189 e. The van der Waals surface area contributed by atoms with Crippen molar-refractivity contribution in [3.63, 3.8) is 0 Å². The highest BCUT2D eigenvalue weighted by Gasteiger charge is 2.26. The molecule has 0 radical (unpaired) electrons. The van der Waals surface area contributed by atoms with Crippen molar-refractivity contribution in [3.8, 4) is 5.75 Å². The number of benzene rings is 1. The largest absolute Gasteiger partial charge is 0.490 e. The molecule has 6 heteroatoms. The fraction of sp³-hybridized carbons (Fsp3) is 0.375. The van der Waals surface area contributed by atoms with Crippen molar-refractivity contribution in [3.05, 3.63) is 35.5 Å². The van der Waals surface area contributed by atoms with E-state index in [0.717, 1.165) is 54.2 Å². The van der Waals surface area contributed by atoms with Crippen molar-refractivity contribution in [2.75, 3.05) is 30.9 Å². The van der Waals surface area contributed by atoms with Gasteiger partial charge in [-0.05, 0) is 31.4 Å². The maximum atomic E-state index is 5.77. The van der Waals surface area contributed by atoms with E-state index in [4.69, 9.17) is 9.72 Å². The van der Waals surface area contributed by atoms with E-state index in [9.17, 15) is 0 Å². The lowest BCUT2D eigenvalue weighted by Crippen LogP contribution is -2.33. The van der Waals surface area contributed by atoms with Gasteiger partial charge in [0.25, 0.3) is 0 Å². The molecule has 22 heavy (non-hydrogen) atoms. The van der Waals surface area contributed by atoms with Crippen LogP contribution in [0.4, 0.5) is 11.5 Å². The van der Waals surface area contributed by atoms with Gasteiger partial charge in [-0.1, -0.05) is 23.9 Å². The summed E-state index contributed by atoms with van der Waals surface area (Å²) >= 11 is 1.59. The van der Waals surface area contributed by atoms with E-state index in [1.807, 2.05) is 24.5 Å². The highest BCUT2D eigenvalue weighted by atomic mass is 32.2. The lowest BCUT2D eigenvalue weighted by atomic mass is 10.1. The van der Waals surface area contributed by atoms with Crippen LogP contribution in [0, 0.1) is 0 Å². The van der Waals surface area contributed by atoms with Gasteiger partial charge in [-0.25, -0.2) is 9.97 Å². The molecule has 1 aromatic heterocycles. The number of aromatic nitrogens is 2. The first-order valence-corrected chi connectivity index (χ1v) is 8.73. The average molecular weight is 314 g/mol. The fourth-order valence-electron chi connectivity index (χ4n) is 3.02. The zero-order valence-electron chi connectivity index (χ0n) is 12.5. The second kappa shape index (κ2) is 5.78. The maximum absolute atomic E-state index is 5.77. The van der Waals surface area contributed by atoms with Crippen molar-refractivity contribution in [2.45, 2.75) is 18.1 Å². The molecule has 2 aromatic rings. The molecule has 0 fully saturated rings. The van der Waals surface area contributed by atoms with E-state index in [1.54, 1.807) is 11.8 Å². The van der Waals surface area contributed by atoms with Crippen molar-refractivity contribution in [2.24, 2.45) is 0 Å². The molecule has 2 aliphatic heterocycles. The fourth-order valence-corrected chi connectivity index (χ4v) is 3.40.